The van der Waals surface area contributed by atoms with E-state index in [1.54, 1.807) is 24.3 Å². The molecule has 0 aliphatic rings. The number of carbonyl (C=O) groups is 2. The van der Waals surface area contributed by atoms with E-state index in [2.05, 4.69) is 10.3 Å². The van der Waals surface area contributed by atoms with Gasteiger partial charge in [-0.25, -0.2) is 0 Å². The lowest BCUT2D eigenvalue weighted by molar-refractivity contribution is -0.121. The second kappa shape index (κ2) is 7.11. The van der Waals surface area contributed by atoms with Gasteiger partial charge < -0.3 is 15.4 Å². The van der Waals surface area contributed by atoms with Crippen molar-refractivity contribution in [2.45, 2.75) is 20.8 Å². The Bertz CT molecular complexity index is 1020. The average molecular weight is 362 g/mol. The first kappa shape index (κ1) is 18.5. The van der Waals surface area contributed by atoms with Gasteiger partial charge >= 0.3 is 0 Å². The number of carbonyl (C=O) groups excluding carboxylic acids is 2. The number of phenols is 1. The third kappa shape index (κ3) is 4.44. The molecule has 5 nitrogen and oxygen atoms in total. The van der Waals surface area contributed by atoms with Gasteiger partial charge in [0.05, 0.1) is 0 Å². The van der Waals surface area contributed by atoms with Crippen LogP contribution >= 0.6 is 0 Å². The lowest BCUT2D eigenvalue weighted by Crippen LogP contribution is -2.17. The molecule has 5 heteroatoms. The predicted molar refractivity (Wildman–Crippen MR) is 108 cm³/mol. The molecule has 27 heavy (non-hydrogen) atoms. The zero-order valence-corrected chi connectivity index (χ0v) is 15.5. The number of benzene rings is 2. The van der Waals surface area contributed by atoms with Gasteiger partial charge in [0.15, 0.2) is 5.78 Å². The van der Waals surface area contributed by atoms with Gasteiger partial charge in [0, 0.05) is 33.3 Å². The molecule has 3 aromatic rings. The predicted octanol–water partition coefficient (Wildman–Crippen LogP) is 4.75. The van der Waals surface area contributed by atoms with Crippen LogP contribution in [0.3, 0.4) is 0 Å². The first-order valence-electron chi connectivity index (χ1n) is 8.68. The van der Waals surface area contributed by atoms with Crippen molar-refractivity contribution in [3.05, 3.63) is 65.9 Å². The lowest BCUT2D eigenvalue weighted by Gasteiger charge is -2.12. The van der Waals surface area contributed by atoms with E-state index in [0.717, 1.165) is 16.6 Å². The second-order valence-electron chi connectivity index (χ2n) is 7.48. The summed E-state index contributed by atoms with van der Waals surface area (Å²) < 4.78 is 0. The van der Waals surface area contributed by atoms with Gasteiger partial charge in [0.2, 0.25) is 0 Å². The first-order chi connectivity index (χ1) is 12.7. The van der Waals surface area contributed by atoms with Crippen LogP contribution in [0.5, 0.6) is 5.75 Å². The van der Waals surface area contributed by atoms with Crippen LogP contribution in [0.25, 0.3) is 17.0 Å². The summed E-state index contributed by atoms with van der Waals surface area (Å²) in [4.78, 5) is 27.6. The van der Waals surface area contributed by atoms with Crippen LogP contribution in [0.2, 0.25) is 0 Å². The highest BCUT2D eigenvalue weighted by Gasteiger charge is 2.18. The monoisotopic (exact) mass is 362 g/mol. The molecule has 0 aliphatic heterocycles. The van der Waals surface area contributed by atoms with Crippen molar-refractivity contribution in [3.8, 4) is 5.75 Å². The Balaban J connectivity index is 1.77. The van der Waals surface area contributed by atoms with E-state index in [9.17, 15) is 14.7 Å². The van der Waals surface area contributed by atoms with E-state index in [1.165, 1.54) is 12.1 Å². The molecule has 0 spiro atoms. The van der Waals surface area contributed by atoms with Crippen LogP contribution < -0.4 is 5.32 Å². The van der Waals surface area contributed by atoms with Crippen molar-refractivity contribution in [1.29, 1.82) is 0 Å². The third-order valence-electron chi connectivity index (χ3n) is 4.18. The Morgan fingerprint density at radius 2 is 1.74 bits per heavy atom. The molecular weight excluding hydrogens is 340 g/mol. The number of anilines is 1. The van der Waals surface area contributed by atoms with Gasteiger partial charge in [-0.1, -0.05) is 20.8 Å². The quantitative estimate of drug-likeness (QED) is 0.586. The number of rotatable bonds is 4. The van der Waals surface area contributed by atoms with Gasteiger partial charge in [-0.3, -0.25) is 9.59 Å². The van der Waals surface area contributed by atoms with E-state index in [-0.39, 0.29) is 17.4 Å². The number of fused-ring (bicyclic) bond motifs is 1. The number of amides is 1. The van der Waals surface area contributed by atoms with Crippen molar-refractivity contribution >= 4 is 34.4 Å². The molecule has 1 amide bonds. The maximum absolute atomic E-state index is 12.3. The maximum Gasteiger partial charge on any atom is 0.255 e. The summed E-state index contributed by atoms with van der Waals surface area (Å²) in [6.45, 7) is 5.65. The van der Waals surface area contributed by atoms with Crippen LogP contribution in [0.4, 0.5) is 5.69 Å². The molecule has 1 aromatic heterocycles. The van der Waals surface area contributed by atoms with Crippen molar-refractivity contribution in [2.75, 3.05) is 5.32 Å². The van der Waals surface area contributed by atoms with Crippen LogP contribution in [0.15, 0.2) is 54.6 Å². The largest absolute Gasteiger partial charge is 0.508 e. The summed E-state index contributed by atoms with van der Waals surface area (Å²) in [6.07, 6.45) is 3.35. The van der Waals surface area contributed by atoms with E-state index < -0.39 is 5.41 Å². The molecule has 0 saturated carbocycles. The molecule has 3 N–H and O–H groups in total. The summed E-state index contributed by atoms with van der Waals surface area (Å²) in [5.74, 6) is -0.0744. The van der Waals surface area contributed by atoms with Crippen molar-refractivity contribution in [3.63, 3.8) is 0 Å². The summed E-state index contributed by atoms with van der Waals surface area (Å²) in [5, 5.41) is 13.1. The molecule has 0 fully saturated rings. The van der Waals surface area contributed by atoms with Gasteiger partial charge in [-0.15, -0.1) is 0 Å². The number of ketones is 1. The lowest BCUT2D eigenvalue weighted by atomic mass is 9.90. The van der Waals surface area contributed by atoms with Crippen LogP contribution in [0, 0.1) is 5.41 Å². The molecule has 0 saturated heterocycles. The second-order valence-corrected chi connectivity index (χ2v) is 7.48. The van der Waals surface area contributed by atoms with E-state index in [0.29, 0.717) is 11.3 Å². The fourth-order valence-corrected chi connectivity index (χ4v) is 2.55. The maximum atomic E-state index is 12.3. The topological polar surface area (TPSA) is 82.2 Å². The third-order valence-corrected chi connectivity index (χ3v) is 4.18. The van der Waals surface area contributed by atoms with E-state index in [4.69, 9.17) is 0 Å². The highest BCUT2D eigenvalue weighted by atomic mass is 16.3. The molecule has 2 aromatic carbocycles. The minimum atomic E-state index is -0.409. The zero-order chi connectivity index (χ0) is 19.6. The summed E-state index contributed by atoms with van der Waals surface area (Å²) in [7, 11) is 0. The Morgan fingerprint density at radius 3 is 2.41 bits per heavy atom. The van der Waals surface area contributed by atoms with E-state index >= 15 is 0 Å². The Morgan fingerprint density at radius 1 is 1.04 bits per heavy atom. The van der Waals surface area contributed by atoms with E-state index in [1.807, 2.05) is 45.0 Å². The summed E-state index contributed by atoms with van der Waals surface area (Å²) >= 11 is 0. The fraction of sp³-hybridized carbons (Fsp3) is 0.182. The molecular formula is C22H22N2O3. The number of nitrogens with one attached hydrogen (secondary N) is 2. The Kier molecular flexibility index (Phi) is 4.86. The molecule has 3 rings (SSSR count). The standard InChI is InChI=1S/C22H22N2O3/c1-22(2,3)20(26)11-7-16-12-15-13-17(6-10-19(15)23-16)24-21(27)14-4-8-18(25)9-5-14/h4-13,23,25H,1-3H3,(H,24,27)/b11-7+. The Hall–Kier alpha value is -3.34. The average Bonchev–Trinajstić information content (AvgIpc) is 3.01. The van der Waals surface area contributed by atoms with Gasteiger partial charge in [0.25, 0.3) is 5.91 Å². The van der Waals surface area contributed by atoms with Crippen molar-refractivity contribution in [2.24, 2.45) is 5.41 Å². The molecule has 0 aliphatic carbocycles. The minimum Gasteiger partial charge on any atom is -0.508 e. The van der Waals surface area contributed by atoms with Crippen LogP contribution in [0.1, 0.15) is 36.8 Å². The fourth-order valence-electron chi connectivity index (χ4n) is 2.55. The normalized spacial score (nSPS) is 11.8. The number of phenolic OH excluding ortho intramolecular Hbond substituents is 1. The van der Waals surface area contributed by atoms with Crippen LogP contribution in [-0.4, -0.2) is 21.8 Å². The number of hydrogen-bond donors (Lipinski definition) is 3. The van der Waals surface area contributed by atoms with Crippen LogP contribution in [-0.2, 0) is 4.79 Å². The van der Waals surface area contributed by atoms with Crippen molar-refractivity contribution in [1.82, 2.24) is 4.98 Å². The number of aromatic hydroxyl groups is 1. The highest BCUT2D eigenvalue weighted by molar-refractivity contribution is 6.05. The first-order valence-corrected chi connectivity index (χ1v) is 8.68. The summed E-state index contributed by atoms with van der Waals surface area (Å²) in [5.41, 5.74) is 2.46. The zero-order valence-electron chi connectivity index (χ0n) is 15.5. The number of allylic oxidation sites excluding steroid dienone is 1. The number of aromatic nitrogens is 1. The number of aromatic amines is 1. The van der Waals surface area contributed by atoms with Gasteiger partial charge in [-0.05, 0) is 60.7 Å². The number of hydrogen-bond acceptors (Lipinski definition) is 3. The SMILES string of the molecule is CC(C)(C)C(=O)/C=C/c1cc2cc(NC(=O)c3ccc(O)cc3)ccc2[nH]1. The summed E-state index contributed by atoms with van der Waals surface area (Å²) in [6, 6.07) is 13.6. The van der Waals surface area contributed by atoms with Crippen molar-refractivity contribution < 1.29 is 14.7 Å². The molecule has 138 valence electrons. The minimum absolute atomic E-state index is 0.0583. The van der Waals surface area contributed by atoms with Gasteiger partial charge in [-0.2, -0.15) is 0 Å². The Labute approximate surface area is 157 Å². The smallest absolute Gasteiger partial charge is 0.255 e. The molecule has 0 atom stereocenters. The molecule has 1 heterocycles. The molecule has 0 unspecified atom stereocenters. The molecule has 0 radical (unpaired) electrons. The van der Waals surface area contributed by atoms with Gasteiger partial charge in [0.1, 0.15) is 5.75 Å². The molecule has 0 bridgehead atoms. The number of H-pyrrole nitrogens is 1. The highest BCUT2D eigenvalue weighted by Crippen LogP contribution is 2.22.